The van der Waals surface area contributed by atoms with Gasteiger partial charge < -0.3 is 19.5 Å². The SMILES string of the molecule is CCc1cc(NCCOc2ccc3c(c2)OCO3)nc(-c2ccccn2)n1. The van der Waals surface area contributed by atoms with E-state index in [4.69, 9.17) is 14.2 Å². The number of rotatable bonds is 7. The number of ether oxygens (including phenoxy) is 3. The Labute approximate surface area is 157 Å². The van der Waals surface area contributed by atoms with Crippen LogP contribution in [0.25, 0.3) is 11.5 Å². The summed E-state index contributed by atoms with van der Waals surface area (Å²) in [5, 5.41) is 3.29. The molecule has 3 heterocycles. The van der Waals surface area contributed by atoms with Crippen LogP contribution in [0.3, 0.4) is 0 Å². The zero-order valence-corrected chi connectivity index (χ0v) is 15.0. The fourth-order valence-corrected chi connectivity index (χ4v) is 2.69. The van der Waals surface area contributed by atoms with Crippen LogP contribution in [-0.4, -0.2) is 34.9 Å². The van der Waals surface area contributed by atoms with Gasteiger partial charge in [0.1, 0.15) is 23.9 Å². The first kappa shape index (κ1) is 17.1. The van der Waals surface area contributed by atoms with Gasteiger partial charge in [-0.15, -0.1) is 0 Å². The van der Waals surface area contributed by atoms with Gasteiger partial charge in [-0.1, -0.05) is 13.0 Å². The van der Waals surface area contributed by atoms with E-state index in [0.29, 0.717) is 24.7 Å². The van der Waals surface area contributed by atoms with Crippen LogP contribution in [0.2, 0.25) is 0 Å². The minimum absolute atomic E-state index is 0.256. The molecule has 1 aliphatic heterocycles. The summed E-state index contributed by atoms with van der Waals surface area (Å²) in [5.41, 5.74) is 1.72. The molecule has 0 atom stereocenters. The summed E-state index contributed by atoms with van der Waals surface area (Å²) in [7, 11) is 0. The summed E-state index contributed by atoms with van der Waals surface area (Å²) in [6, 6.07) is 13.2. The quantitative estimate of drug-likeness (QED) is 0.644. The van der Waals surface area contributed by atoms with E-state index in [0.717, 1.165) is 35.1 Å². The molecule has 0 saturated heterocycles. The number of hydrogen-bond acceptors (Lipinski definition) is 7. The van der Waals surface area contributed by atoms with Crippen LogP contribution in [0.5, 0.6) is 17.2 Å². The predicted octanol–water partition coefficient (Wildman–Crippen LogP) is 3.32. The number of benzene rings is 1. The second kappa shape index (κ2) is 7.90. The second-order valence-corrected chi connectivity index (χ2v) is 5.93. The first-order valence-corrected chi connectivity index (χ1v) is 8.87. The Balaban J connectivity index is 1.38. The van der Waals surface area contributed by atoms with Crippen molar-refractivity contribution in [3.05, 3.63) is 54.4 Å². The van der Waals surface area contributed by atoms with Gasteiger partial charge >= 0.3 is 0 Å². The van der Waals surface area contributed by atoms with Gasteiger partial charge in [0.25, 0.3) is 0 Å². The van der Waals surface area contributed by atoms with Crippen molar-refractivity contribution in [1.29, 1.82) is 0 Å². The smallest absolute Gasteiger partial charge is 0.231 e. The second-order valence-electron chi connectivity index (χ2n) is 5.93. The van der Waals surface area contributed by atoms with Crippen LogP contribution in [0.15, 0.2) is 48.7 Å². The monoisotopic (exact) mass is 364 g/mol. The maximum Gasteiger partial charge on any atom is 0.231 e. The molecule has 1 aromatic carbocycles. The lowest BCUT2D eigenvalue weighted by Crippen LogP contribution is -2.13. The first-order chi connectivity index (χ1) is 13.3. The van der Waals surface area contributed by atoms with Crippen molar-refractivity contribution in [2.45, 2.75) is 13.3 Å². The first-order valence-electron chi connectivity index (χ1n) is 8.87. The molecule has 0 spiro atoms. The third-order valence-electron chi connectivity index (χ3n) is 4.06. The Morgan fingerprint density at radius 3 is 2.85 bits per heavy atom. The van der Waals surface area contributed by atoms with E-state index in [-0.39, 0.29) is 6.79 Å². The van der Waals surface area contributed by atoms with Crippen LogP contribution < -0.4 is 19.5 Å². The molecule has 7 heteroatoms. The lowest BCUT2D eigenvalue weighted by Gasteiger charge is -2.10. The molecule has 1 N–H and O–H groups in total. The van der Waals surface area contributed by atoms with E-state index < -0.39 is 0 Å². The van der Waals surface area contributed by atoms with Gasteiger partial charge in [0, 0.05) is 24.0 Å². The molecule has 0 fully saturated rings. The highest BCUT2D eigenvalue weighted by atomic mass is 16.7. The Kier molecular flexibility index (Phi) is 5.00. The van der Waals surface area contributed by atoms with Crippen LogP contribution in [0.1, 0.15) is 12.6 Å². The van der Waals surface area contributed by atoms with Gasteiger partial charge in [-0.25, -0.2) is 9.97 Å². The Hall–Kier alpha value is -3.35. The van der Waals surface area contributed by atoms with Crippen molar-refractivity contribution in [3.63, 3.8) is 0 Å². The van der Waals surface area contributed by atoms with Crippen molar-refractivity contribution < 1.29 is 14.2 Å². The van der Waals surface area contributed by atoms with Gasteiger partial charge in [0.15, 0.2) is 17.3 Å². The molecule has 27 heavy (non-hydrogen) atoms. The average Bonchev–Trinajstić information content (AvgIpc) is 3.19. The van der Waals surface area contributed by atoms with E-state index in [2.05, 4.69) is 27.2 Å². The molecule has 0 amide bonds. The van der Waals surface area contributed by atoms with Crippen LogP contribution >= 0.6 is 0 Å². The highest BCUT2D eigenvalue weighted by molar-refractivity contribution is 5.53. The minimum atomic E-state index is 0.256. The van der Waals surface area contributed by atoms with Gasteiger partial charge in [-0.2, -0.15) is 0 Å². The molecule has 4 rings (SSSR count). The number of aryl methyl sites for hydroxylation is 1. The van der Waals surface area contributed by atoms with E-state index in [1.807, 2.05) is 42.5 Å². The summed E-state index contributed by atoms with van der Waals surface area (Å²) < 4.78 is 16.4. The number of hydrogen-bond donors (Lipinski definition) is 1. The summed E-state index contributed by atoms with van der Waals surface area (Å²) in [4.78, 5) is 13.5. The molecule has 138 valence electrons. The van der Waals surface area contributed by atoms with Gasteiger partial charge in [0.05, 0.1) is 6.54 Å². The molecule has 0 radical (unpaired) electrons. The fraction of sp³-hybridized carbons (Fsp3) is 0.250. The molecule has 0 unspecified atom stereocenters. The lowest BCUT2D eigenvalue weighted by atomic mass is 10.3. The summed E-state index contributed by atoms with van der Waals surface area (Å²) in [6.07, 6.45) is 2.56. The maximum absolute atomic E-state index is 5.77. The Morgan fingerprint density at radius 2 is 2.00 bits per heavy atom. The molecular weight excluding hydrogens is 344 g/mol. The van der Waals surface area contributed by atoms with Crippen LogP contribution in [-0.2, 0) is 6.42 Å². The molecule has 0 saturated carbocycles. The van der Waals surface area contributed by atoms with E-state index >= 15 is 0 Å². The maximum atomic E-state index is 5.77. The lowest BCUT2D eigenvalue weighted by molar-refractivity contribution is 0.174. The largest absolute Gasteiger partial charge is 0.492 e. The van der Waals surface area contributed by atoms with Crippen molar-refractivity contribution in [2.75, 3.05) is 25.3 Å². The van der Waals surface area contributed by atoms with Crippen molar-refractivity contribution in [2.24, 2.45) is 0 Å². The molecule has 3 aromatic rings. The zero-order chi connectivity index (χ0) is 18.5. The predicted molar refractivity (Wildman–Crippen MR) is 101 cm³/mol. The van der Waals surface area contributed by atoms with Gasteiger partial charge in [-0.05, 0) is 30.7 Å². The van der Waals surface area contributed by atoms with Crippen LogP contribution in [0.4, 0.5) is 5.82 Å². The Bertz CT molecular complexity index is 918. The number of nitrogens with one attached hydrogen (secondary N) is 1. The van der Waals surface area contributed by atoms with Crippen molar-refractivity contribution >= 4 is 5.82 Å². The number of aromatic nitrogens is 3. The highest BCUT2D eigenvalue weighted by Gasteiger charge is 2.13. The molecule has 7 nitrogen and oxygen atoms in total. The minimum Gasteiger partial charge on any atom is -0.492 e. The van der Waals surface area contributed by atoms with E-state index in [9.17, 15) is 0 Å². The van der Waals surface area contributed by atoms with Gasteiger partial charge in [0.2, 0.25) is 6.79 Å². The van der Waals surface area contributed by atoms with Gasteiger partial charge in [-0.3, -0.25) is 4.98 Å². The third kappa shape index (κ3) is 4.08. The van der Waals surface area contributed by atoms with E-state index in [1.165, 1.54) is 0 Å². The third-order valence-corrected chi connectivity index (χ3v) is 4.06. The van der Waals surface area contributed by atoms with Crippen LogP contribution in [0, 0.1) is 0 Å². The highest BCUT2D eigenvalue weighted by Crippen LogP contribution is 2.35. The fourth-order valence-electron chi connectivity index (χ4n) is 2.69. The van der Waals surface area contributed by atoms with Crippen molar-refractivity contribution in [3.8, 4) is 28.8 Å². The average molecular weight is 364 g/mol. The number of pyridine rings is 1. The number of fused-ring (bicyclic) bond motifs is 1. The summed E-state index contributed by atoms with van der Waals surface area (Å²) in [6.45, 7) is 3.42. The van der Waals surface area contributed by atoms with E-state index in [1.54, 1.807) is 6.20 Å². The summed E-state index contributed by atoms with van der Waals surface area (Å²) in [5.74, 6) is 3.58. The number of nitrogens with zero attached hydrogens (tertiary/aromatic N) is 3. The zero-order valence-electron chi connectivity index (χ0n) is 15.0. The molecule has 2 aromatic heterocycles. The normalized spacial score (nSPS) is 12.0. The molecule has 0 bridgehead atoms. The number of anilines is 1. The molecule has 1 aliphatic rings. The molecular formula is C20H20N4O3. The standard InChI is InChI=1S/C20H20N4O3/c1-2-14-11-19(24-20(23-14)16-5-3-4-8-21-16)22-9-10-25-15-6-7-17-18(12-15)27-13-26-17/h3-8,11-12H,2,9-10,13H2,1H3,(H,22,23,24). The molecule has 0 aliphatic carbocycles. The van der Waals surface area contributed by atoms with Crippen molar-refractivity contribution in [1.82, 2.24) is 15.0 Å². The summed E-state index contributed by atoms with van der Waals surface area (Å²) >= 11 is 0. The topological polar surface area (TPSA) is 78.4 Å². The Morgan fingerprint density at radius 1 is 1.07 bits per heavy atom.